The fraction of sp³-hybridized carbons (Fsp3) is 0.444. The first-order valence-electron chi connectivity index (χ1n) is 8.24. The van der Waals surface area contributed by atoms with Gasteiger partial charge < -0.3 is 14.5 Å². The van der Waals surface area contributed by atoms with Crippen LogP contribution >= 0.6 is 23.4 Å². The second-order valence-corrected chi connectivity index (χ2v) is 6.84. The predicted molar refractivity (Wildman–Crippen MR) is 102 cm³/mol. The van der Waals surface area contributed by atoms with Crippen LogP contribution in [0.5, 0.6) is 0 Å². The monoisotopic (exact) mass is 382 g/mol. The highest BCUT2D eigenvalue weighted by molar-refractivity contribution is 7.99. The van der Waals surface area contributed by atoms with Crippen molar-refractivity contribution in [2.75, 3.05) is 25.5 Å². The number of hydrogen-bond acceptors (Lipinski definition) is 5. The van der Waals surface area contributed by atoms with Crippen molar-refractivity contribution >= 4 is 29.3 Å². The third kappa shape index (κ3) is 6.72. The molecule has 0 spiro atoms. The Labute approximate surface area is 157 Å². The molecule has 0 aliphatic rings. The summed E-state index contributed by atoms with van der Waals surface area (Å²) in [5, 5.41) is 3.56. The number of hydrogen-bond donors (Lipinski definition) is 1. The zero-order valence-corrected chi connectivity index (χ0v) is 16.1. The summed E-state index contributed by atoms with van der Waals surface area (Å²) in [5.41, 5.74) is 1.75. The normalized spacial score (nSPS) is 10.8. The van der Waals surface area contributed by atoms with E-state index in [4.69, 9.17) is 20.8 Å². The van der Waals surface area contributed by atoms with E-state index in [9.17, 15) is 4.79 Å². The minimum absolute atomic E-state index is 0.0283. The molecule has 1 amide bonds. The van der Waals surface area contributed by atoms with Gasteiger partial charge in [-0.15, -0.1) is 11.8 Å². The number of rotatable bonds is 10. The Hall–Kier alpha value is -1.50. The van der Waals surface area contributed by atoms with Crippen LogP contribution in [-0.4, -0.2) is 36.4 Å². The predicted octanol–water partition coefficient (Wildman–Crippen LogP) is 4.08. The molecule has 1 heterocycles. The Morgan fingerprint density at radius 1 is 1.36 bits per heavy atom. The molecule has 25 heavy (non-hydrogen) atoms. The highest BCUT2D eigenvalue weighted by Crippen LogP contribution is 2.25. The molecule has 0 bridgehead atoms. The fourth-order valence-corrected chi connectivity index (χ4v) is 3.09. The summed E-state index contributed by atoms with van der Waals surface area (Å²) in [4.78, 5) is 16.3. The molecular formula is C18H23ClN2O3S. The van der Waals surface area contributed by atoms with E-state index >= 15 is 0 Å². The van der Waals surface area contributed by atoms with Gasteiger partial charge in [0, 0.05) is 36.1 Å². The molecule has 136 valence electrons. The molecule has 5 nitrogen and oxygen atoms in total. The summed E-state index contributed by atoms with van der Waals surface area (Å²) in [5.74, 6) is 2.41. The molecule has 0 radical (unpaired) electrons. The molecule has 1 aromatic carbocycles. The van der Waals surface area contributed by atoms with Crippen LogP contribution in [0.4, 0.5) is 0 Å². The van der Waals surface area contributed by atoms with E-state index in [-0.39, 0.29) is 5.91 Å². The lowest BCUT2D eigenvalue weighted by molar-refractivity contribution is -0.118. The summed E-state index contributed by atoms with van der Waals surface area (Å²) in [6.07, 6.45) is 0.830. The molecule has 2 aromatic rings. The second-order valence-electron chi connectivity index (χ2n) is 5.42. The van der Waals surface area contributed by atoms with Gasteiger partial charge in [0.25, 0.3) is 0 Å². The van der Waals surface area contributed by atoms with Crippen LogP contribution in [0.15, 0.2) is 28.7 Å². The quantitative estimate of drug-likeness (QED) is 0.627. The van der Waals surface area contributed by atoms with Crippen LogP contribution in [0.25, 0.3) is 11.5 Å². The van der Waals surface area contributed by atoms with Gasteiger partial charge >= 0.3 is 0 Å². The van der Waals surface area contributed by atoms with Crippen LogP contribution in [0.2, 0.25) is 5.02 Å². The highest BCUT2D eigenvalue weighted by Gasteiger charge is 2.12. The number of ether oxygens (including phenoxy) is 1. The van der Waals surface area contributed by atoms with Gasteiger partial charge in [-0.1, -0.05) is 11.6 Å². The Kier molecular flexibility index (Phi) is 8.31. The number of amides is 1. The van der Waals surface area contributed by atoms with Crippen molar-refractivity contribution in [2.24, 2.45) is 0 Å². The molecule has 1 N–H and O–H groups in total. The van der Waals surface area contributed by atoms with Crippen LogP contribution in [-0.2, 0) is 15.3 Å². The largest absolute Gasteiger partial charge is 0.441 e. The highest BCUT2D eigenvalue weighted by atomic mass is 35.5. The minimum atomic E-state index is 0.0283. The van der Waals surface area contributed by atoms with Crippen molar-refractivity contribution in [1.82, 2.24) is 10.3 Å². The first-order valence-corrected chi connectivity index (χ1v) is 9.78. The van der Waals surface area contributed by atoms with Crippen molar-refractivity contribution in [3.8, 4) is 11.5 Å². The van der Waals surface area contributed by atoms with Gasteiger partial charge in [-0.3, -0.25) is 4.79 Å². The Morgan fingerprint density at radius 3 is 2.84 bits per heavy atom. The van der Waals surface area contributed by atoms with E-state index in [0.29, 0.717) is 42.2 Å². The maximum atomic E-state index is 11.8. The molecule has 1 aromatic heterocycles. The molecule has 0 atom stereocenters. The number of nitrogens with zero attached hydrogens (tertiary/aromatic N) is 1. The van der Waals surface area contributed by atoms with E-state index in [1.165, 1.54) is 11.8 Å². The summed E-state index contributed by atoms with van der Waals surface area (Å²) < 4.78 is 10.9. The van der Waals surface area contributed by atoms with Gasteiger partial charge in [-0.05, 0) is 44.5 Å². The molecule has 0 fully saturated rings. The Morgan fingerprint density at radius 2 is 2.12 bits per heavy atom. The number of halogens is 1. The van der Waals surface area contributed by atoms with Gasteiger partial charge in [0.05, 0.1) is 11.4 Å². The number of nitrogens with one attached hydrogen (secondary N) is 1. The van der Waals surface area contributed by atoms with Crippen LogP contribution in [0, 0.1) is 6.92 Å². The molecule has 0 saturated heterocycles. The first-order chi connectivity index (χ1) is 12.1. The number of oxazole rings is 1. The van der Waals surface area contributed by atoms with Crippen LogP contribution < -0.4 is 5.32 Å². The van der Waals surface area contributed by atoms with Crippen molar-refractivity contribution in [1.29, 1.82) is 0 Å². The first kappa shape index (κ1) is 19.8. The lowest BCUT2D eigenvalue weighted by atomic mass is 10.2. The third-order valence-electron chi connectivity index (χ3n) is 3.45. The maximum absolute atomic E-state index is 11.8. The molecule has 0 aliphatic carbocycles. The molecule has 0 aliphatic heterocycles. The number of benzene rings is 1. The third-order valence-corrected chi connectivity index (χ3v) is 4.64. The molecule has 7 heteroatoms. The van der Waals surface area contributed by atoms with E-state index in [2.05, 4.69) is 10.3 Å². The minimum Gasteiger partial charge on any atom is -0.441 e. The van der Waals surface area contributed by atoms with Crippen molar-refractivity contribution in [2.45, 2.75) is 26.0 Å². The second kappa shape index (κ2) is 10.5. The van der Waals surface area contributed by atoms with E-state index in [1.54, 1.807) is 12.1 Å². The fourth-order valence-electron chi connectivity index (χ4n) is 2.12. The number of carbonyl (C=O) groups is 1. The van der Waals surface area contributed by atoms with Crippen molar-refractivity contribution in [3.05, 3.63) is 40.7 Å². The average Bonchev–Trinajstić information content (AvgIpc) is 2.96. The topological polar surface area (TPSA) is 64.4 Å². The maximum Gasteiger partial charge on any atom is 0.230 e. The molecule has 2 rings (SSSR count). The summed E-state index contributed by atoms with van der Waals surface area (Å²) in [6, 6.07) is 7.36. The van der Waals surface area contributed by atoms with Gasteiger partial charge in [0.2, 0.25) is 11.8 Å². The lowest BCUT2D eigenvalue weighted by Gasteiger charge is -2.04. The SMILES string of the molecule is CCOCCCNC(=O)CSCc1nc(-c2ccc(Cl)cc2)oc1C. The van der Waals surface area contributed by atoms with E-state index in [1.807, 2.05) is 26.0 Å². The van der Waals surface area contributed by atoms with Crippen molar-refractivity contribution < 1.29 is 13.9 Å². The van der Waals surface area contributed by atoms with Crippen LogP contribution in [0.1, 0.15) is 24.8 Å². The zero-order valence-electron chi connectivity index (χ0n) is 14.5. The average molecular weight is 383 g/mol. The summed E-state index contributed by atoms with van der Waals surface area (Å²) in [7, 11) is 0. The van der Waals surface area contributed by atoms with E-state index in [0.717, 1.165) is 23.4 Å². The molecular weight excluding hydrogens is 360 g/mol. The van der Waals surface area contributed by atoms with E-state index < -0.39 is 0 Å². The number of carbonyl (C=O) groups excluding carboxylic acids is 1. The van der Waals surface area contributed by atoms with Gasteiger partial charge in [-0.2, -0.15) is 0 Å². The molecule has 0 unspecified atom stereocenters. The number of aryl methyl sites for hydroxylation is 1. The smallest absolute Gasteiger partial charge is 0.230 e. The number of aromatic nitrogens is 1. The van der Waals surface area contributed by atoms with Crippen LogP contribution in [0.3, 0.4) is 0 Å². The lowest BCUT2D eigenvalue weighted by Crippen LogP contribution is -2.27. The molecule has 0 saturated carbocycles. The van der Waals surface area contributed by atoms with Gasteiger partial charge in [0.1, 0.15) is 5.76 Å². The van der Waals surface area contributed by atoms with Gasteiger partial charge in [0.15, 0.2) is 0 Å². The number of thioether (sulfide) groups is 1. The van der Waals surface area contributed by atoms with Gasteiger partial charge in [-0.25, -0.2) is 4.98 Å². The summed E-state index contributed by atoms with van der Waals surface area (Å²) in [6.45, 7) is 5.87. The zero-order chi connectivity index (χ0) is 18.1. The van der Waals surface area contributed by atoms with Crippen molar-refractivity contribution in [3.63, 3.8) is 0 Å². The Balaban J connectivity index is 1.76. The summed E-state index contributed by atoms with van der Waals surface area (Å²) >= 11 is 7.42. The standard InChI is InChI=1S/C18H23ClN2O3S/c1-3-23-10-4-9-20-17(22)12-25-11-16-13(2)24-18(21-16)14-5-7-15(19)8-6-14/h5-8H,3-4,9-12H2,1-2H3,(H,20,22). The Bertz CT molecular complexity index is 673.